The van der Waals surface area contributed by atoms with Crippen molar-refractivity contribution >= 4 is 29.9 Å². The molecule has 1 aromatic rings. The minimum absolute atomic E-state index is 0. The molecule has 0 spiro atoms. The van der Waals surface area contributed by atoms with Crippen LogP contribution >= 0.6 is 24.0 Å². The van der Waals surface area contributed by atoms with Gasteiger partial charge in [-0.25, -0.2) is 8.78 Å². The summed E-state index contributed by atoms with van der Waals surface area (Å²) >= 11 is 0. The van der Waals surface area contributed by atoms with Crippen molar-refractivity contribution in [3.05, 3.63) is 35.4 Å². The molecular formula is C18H26F5IN4. The van der Waals surface area contributed by atoms with Gasteiger partial charge in [0.25, 0.3) is 0 Å². The lowest BCUT2D eigenvalue weighted by Crippen LogP contribution is -2.51. The van der Waals surface area contributed by atoms with Crippen LogP contribution in [0.25, 0.3) is 0 Å². The van der Waals surface area contributed by atoms with Gasteiger partial charge in [0.1, 0.15) is 11.6 Å². The van der Waals surface area contributed by atoms with E-state index in [1.165, 1.54) is 18.2 Å². The molecule has 1 aromatic carbocycles. The van der Waals surface area contributed by atoms with Crippen molar-refractivity contribution in [1.29, 1.82) is 0 Å². The Kier molecular flexibility index (Phi) is 10.4. The maximum absolute atomic E-state index is 13.8. The predicted octanol–water partition coefficient (Wildman–Crippen LogP) is 4.05. The lowest BCUT2D eigenvalue weighted by atomic mass is 10.0. The lowest BCUT2D eigenvalue weighted by Gasteiger charge is -2.34. The van der Waals surface area contributed by atoms with Crippen LogP contribution in [0.15, 0.2) is 23.2 Å². The van der Waals surface area contributed by atoms with Crippen LogP contribution < -0.4 is 10.6 Å². The summed E-state index contributed by atoms with van der Waals surface area (Å²) in [5.74, 6) is -0.829. The second-order valence-electron chi connectivity index (χ2n) is 6.54. The molecule has 10 heteroatoms. The Morgan fingerprint density at radius 3 is 2.54 bits per heavy atom. The van der Waals surface area contributed by atoms with Gasteiger partial charge >= 0.3 is 6.18 Å². The van der Waals surface area contributed by atoms with Crippen molar-refractivity contribution in [3.63, 3.8) is 0 Å². The number of piperidine rings is 1. The lowest BCUT2D eigenvalue weighted by molar-refractivity contribution is -0.132. The SMILES string of the molecule is CCNC(=NCCC(F)(F)F)NC1CCCN(Cc2c(F)cccc2F)C1.I. The monoisotopic (exact) mass is 520 g/mol. The van der Waals surface area contributed by atoms with E-state index in [2.05, 4.69) is 15.6 Å². The second-order valence-corrected chi connectivity index (χ2v) is 6.54. The first kappa shape index (κ1) is 24.9. The Bertz CT molecular complexity index is 619. The minimum Gasteiger partial charge on any atom is -0.357 e. The molecule has 2 N–H and O–H groups in total. The number of rotatable bonds is 6. The molecule has 0 amide bonds. The van der Waals surface area contributed by atoms with E-state index in [-0.39, 0.29) is 48.7 Å². The number of hydrogen-bond acceptors (Lipinski definition) is 2. The van der Waals surface area contributed by atoms with E-state index in [9.17, 15) is 22.0 Å². The molecule has 0 bridgehead atoms. The van der Waals surface area contributed by atoms with Crippen molar-refractivity contribution in [2.75, 3.05) is 26.2 Å². The third-order valence-electron chi connectivity index (χ3n) is 4.30. The van der Waals surface area contributed by atoms with Crippen LogP contribution in [0.2, 0.25) is 0 Å². The average Bonchev–Trinajstić information content (AvgIpc) is 2.58. The predicted molar refractivity (Wildman–Crippen MR) is 110 cm³/mol. The van der Waals surface area contributed by atoms with Gasteiger partial charge in [-0.1, -0.05) is 6.07 Å². The van der Waals surface area contributed by atoms with Crippen LogP contribution in [0.5, 0.6) is 0 Å². The van der Waals surface area contributed by atoms with E-state index >= 15 is 0 Å². The van der Waals surface area contributed by atoms with Crippen molar-refractivity contribution in [1.82, 2.24) is 15.5 Å². The third kappa shape index (κ3) is 8.46. The normalized spacial score (nSPS) is 18.5. The second kappa shape index (κ2) is 11.7. The number of halogens is 6. The van der Waals surface area contributed by atoms with Gasteiger partial charge in [0.2, 0.25) is 0 Å². The molecule has 1 fully saturated rings. The van der Waals surface area contributed by atoms with Crippen molar-refractivity contribution in [2.24, 2.45) is 4.99 Å². The third-order valence-corrected chi connectivity index (χ3v) is 4.30. The smallest absolute Gasteiger partial charge is 0.357 e. The standard InChI is InChI=1S/C18H25F5N4.HI/c1-2-24-17(25-9-8-18(21,22)23)26-13-5-4-10-27(11-13)12-14-15(19)6-3-7-16(14)20;/h3,6-7,13H,2,4-5,8-12H2,1H3,(H2,24,25,26);1H. The molecule has 1 saturated heterocycles. The van der Waals surface area contributed by atoms with Crippen LogP contribution in [-0.4, -0.2) is 49.3 Å². The highest BCUT2D eigenvalue weighted by molar-refractivity contribution is 14.0. The molecule has 0 aromatic heterocycles. The molecule has 1 unspecified atom stereocenters. The van der Waals surface area contributed by atoms with E-state index in [1.807, 2.05) is 11.8 Å². The highest BCUT2D eigenvalue weighted by Gasteiger charge is 2.26. The van der Waals surface area contributed by atoms with Gasteiger partial charge in [0.15, 0.2) is 5.96 Å². The van der Waals surface area contributed by atoms with Crippen LogP contribution in [0, 0.1) is 11.6 Å². The van der Waals surface area contributed by atoms with E-state index in [1.54, 1.807) is 0 Å². The summed E-state index contributed by atoms with van der Waals surface area (Å²) in [5.41, 5.74) is 0.0314. The Labute approximate surface area is 179 Å². The van der Waals surface area contributed by atoms with Gasteiger partial charge < -0.3 is 10.6 Å². The summed E-state index contributed by atoms with van der Waals surface area (Å²) < 4.78 is 64.6. The first-order valence-corrected chi connectivity index (χ1v) is 9.05. The van der Waals surface area contributed by atoms with Gasteiger partial charge in [-0.2, -0.15) is 13.2 Å². The highest BCUT2D eigenvalue weighted by atomic mass is 127. The molecule has 0 saturated carbocycles. The van der Waals surface area contributed by atoms with Gasteiger partial charge in [-0.3, -0.25) is 9.89 Å². The molecule has 1 atom stereocenters. The summed E-state index contributed by atoms with van der Waals surface area (Å²) in [5, 5.41) is 6.06. The van der Waals surface area contributed by atoms with Gasteiger partial charge in [0.05, 0.1) is 13.0 Å². The van der Waals surface area contributed by atoms with Crippen molar-refractivity contribution < 1.29 is 22.0 Å². The number of nitrogens with zero attached hydrogens (tertiary/aromatic N) is 2. The summed E-state index contributed by atoms with van der Waals surface area (Å²) in [7, 11) is 0. The Balaban J connectivity index is 0.00000392. The average molecular weight is 520 g/mol. The fraction of sp³-hybridized carbons (Fsp3) is 0.611. The molecule has 2 rings (SSSR count). The molecular weight excluding hydrogens is 494 g/mol. The molecule has 1 heterocycles. The van der Waals surface area contributed by atoms with Gasteiger partial charge in [-0.05, 0) is 38.4 Å². The number of aliphatic imine (C=N–C) groups is 1. The number of guanidine groups is 1. The van der Waals surface area contributed by atoms with E-state index in [4.69, 9.17) is 0 Å². The zero-order valence-electron chi connectivity index (χ0n) is 15.7. The Morgan fingerprint density at radius 2 is 1.93 bits per heavy atom. The first-order valence-electron chi connectivity index (χ1n) is 9.05. The van der Waals surface area contributed by atoms with Crippen LogP contribution in [0.4, 0.5) is 22.0 Å². The maximum atomic E-state index is 13.8. The topological polar surface area (TPSA) is 39.7 Å². The number of alkyl halides is 3. The van der Waals surface area contributed by atoms with Gasteiger partial charge in [0, 0.05) is 31.2 Å². The molecule has 4 nitrogen and oxygen atoms in total. The molecule has 28 heavy (non-hydrogen) atoms. The first-order chi connectivity index (χ1) is 12.8. The fourth-order valence-corrected chi connectivity index (χ4v) is 3.03. The summed E-state index contributed by atoms with van der Waals surface area (Å²) in [6.07, 6.45) is -3.60. The van der Waals surface area contributed by atoms with Crippen LogP contribution in [0.1, 0.15) is 31.7 Å². The quantitative estimate of drug-likeness (QED) is 0.258. The summed E-state index contributed by atoms with van der Waals surface area (Å²) in [6, 6.07) is 3.73. The largest absolute Gasteiger partial charge is 0.390 e. The zero-order valence-corrected chi connectivity index (χ0v) is 18.0. The number of hydrogen-bond donors (Lipinski definition) is 2. The minimum atomic E-state index is -4.24. The van der Waals surface area contributed by atoms with E-state index in [0.29, 0.717) is 25.6 Å². The maximum Gasteiger partial charge on any atom is 0.390 e. The van der Waals surface area contributed by atoms with Crippen molar-refractivity contribution in [3.8, 4) is 0 Å². The Morgan fingerprint density at radius 1 is 1.25 bits per heavy atom. The summed E-state index contributed by atoms with van der Waals surface area (Å²) in [4.78, 5) is 5.90. The van der Waals surface area contributed by atoms with Crippen LogP contribution in [0.3, 0.4) is 0 Å². The number of likely N-dealkylation sites (tertiary alicyclic amines) is 1. The zero-order chi connectivity index (χ0) is 19.9. The number of benzene rings is 1. The number of nitrogens with one attached hydrogen (secondary N) is 2. The highest BCUT2D eigenvalue weighted by Crippen LogP contribution is 2.20. The molecule has 0 radical (unpaired) electrons. The molecule has 0 aliphatic carbocycles. The van der Waals surface area contributed by atoms with Gasteiger partial charge in [-0.15, -0.1) is 24.0 Å². The Hall–Kier alpha value is -1.17. The van der Waals surface area contributed by atoms with Crippen LogP contribution in [-0.2, 0) is 6.54 Å². The van der Waals surface area contributed by atoms with Crippen molar-refractivity contribution in [2.45, 2.75) is 44.9 Å². The van der Waals surface area contributed by atoms with E-state index < -0.39 is 24.2 Å². The molecule has 1 aliphatic rings. The molecule has 160 valence electrons. The molecule has 1 aliphatic heterocycles. The van der Waals surface area contributed by atoms with E-state index in [0.717, 1.165) is 12.8 Å². The summed E-state index contributed by atoms with van der Waals surface area (Å²) in [6.45, 7) is 3.38. The fourth-order valence-electron chi connectivity index (χ4n) is 3.03.